The zero-order valence-corrected chi connectivity index (χ0v) is 18.7. The van der Waals surface area contributed by atoms with Crippen LogP contribution in [-0.4, -0.2) is 15.7 Å². The third kappa shape index (κ3) is 3.28. The zero-order chi connectivity index (χ0) is 20.9. The maximum Gasteiger partial charge on any atom is 0.308 e. The van der Waals surface area contributed by atoms with Crippen molar-refractivity contribution < 1.29 is 4.79 Å². The third-order valence-electron chi connectivity index (χ3n) is 7.21. The lowest BCUT2D eigenvalue weighted by molar-refractivity contribution is -0.116. The molecular weight excluding hydrogens is 424 g/mol. The highest BCUT2D eigenvalue weighted by Gasteiger charge is 2.55. The molecule has 6 rings (SSSR count). The van der Waals surface area contributed by atoms with Gasteiger partial charge in [-0.05, 0) is 54.7 Å². The fourth-order valence-corrected chi connectivity index (χ4v) is 9.14. The first-order valence-corrected chi connectivity index (χ1v) is 12.7. The van der Waals surface area contributed by atoms with Gasteiger partial charge in [-0.15, -0.1) is 11.8 Å². The molecule has 2 heterocycles. The molecule has 4 unspecified atom stereocenters. The van der Waals surface area contributed by atoms with Crippen molar-refractivity contribution in [2.24, 2.45) is 17.8 Å². The summed E-state index contributed by atoms with van der Waals surface area (Å²) < 4.78 is 1.72. The molecule has 5 atom stereocenters. The second kappa shape index (κ2) is 7.68. The van der Waals surface area contributed by atoms with Crippen LogP contribution in [0.15, 0.2) is 70.5 Å². The Balaban J connectivity index is 1.38. The summed E-state index contributed by atoms with van der Waals surface area (Å²) in [4.78, 5) is 27.0. The molecule has 4 nitrogen and oxygen atoms in total. The summed E-state index contributed by atoms with van der Waals surface area (Å²) in [5, 5.41) is 4.51. The predicted octanol–water partition coefficient (Wildman–Crippen LogP) is 5.20. The van der Waals surface area contributed by atoms with Gasteiger partial charge in [0.2, 0.25) is 5.91 Å². The van der Waals surface area contributed by atoms with E-state index in [0.717, 1.165) is 22.5 Å². The molecule has 0 radical (unpaired) electrons. The molecule has 2 saturated carbocycles. The predicted molar refractivity (Wildman–Crippen MR) is 126 cm³/mol. The first-order chi connectivity index (χ1) is 15.2. The summed E-state index contributed by atoms with van der Waals surface area (Å²) in [7, 11) is 0. The Morgan fingerprint density at radius 3 is 2.48 bits per heavy atom. The standard InChI is InChI=1S/C25H24N2O2S2/c28-19(26-18-9-5-2-6-10-18)14-27-24-23(31-25(27)29)20(15-7-3-1-4-8-15)21-16-11-12-17(13-16)22(21)30-24/h1-10,16-17,20-22H,11-14H2,(H,26,28)/t16?,17?,20-,21?,22?/m0/s1. The molecule has 158 valence electrons. The maximum atomic E-state index is 13.1. The van der Waals surface area contributed by atoms with Gasteiger partial charge in [0.1, 0.15) is 6.54 Å². The van der Waals surface area contributed by atoms with E-state index < -0.39 is 0 Å². The van der Waals surface area contributed by atoms with Crippen LogP contribution >= 0.6 is 23.1 Å². The van der Waals surface area contributed by atoms with Gasteiger partial charge in [0.25, 0.3) is 0 Å². The molecule has 0 saturated heterocycles. The van der Waals surface area contributed by atoms with Crippen molar-refractivity contribution in [1.82, 2.24) is 4.57 Å². The number of hydrogen-bond acceptors (Lipinski definition) is 4. The lowest BCUT2D eigenvalue weighted by atomic mass is 9.75. The number of thioether (sulfide) groups is 1. The van der Waals surface area contributed by atoms with Crippen LogP contribution < -0.4 is 10.2 Å². The molecule has 1 N–H and O–H groups in total. The molecular formula is C25H24N2O2S2. The number of carbonyl (C=O) groups excluding carboxylic acids is 1. The summed E-state index contributed by atoms with van der Waals surface area (Å²) in [6, 6.07) is 20.1. The molecule has 3 aliphatic rings. The van der Waals surface area contributed by atoms with E-state index in [1.165, 1.54) is 41.0 Å². The van der Waals surface area contributed by atoms with E-state index in [2.05, 4.69) is 35.6 Å². The van der Waals surface area contributed by atoms with Gasteiger partial charge in [0.15, 0.2) is 0 Å². The van der Waals surface area contributed by atoms with Gasteiger partial charge in [0, 0.05) is 21.7 Å². The van der Waals surface area contributed by atoms with Crippen LogP contribution in [0.2, 0.25) is 0 Å². The van der Waals surface area contributed by atoms with Crippen LogP contribution in [0, 0.1) is 17.8 Å². The van der Waals surface area contributed by atoms with E-state index in [4.69, 9.17) is 0 Å². The first-order valence-electron chi connectivity index (χ1n) is 11.0. The molecule has 31 heavy (non-hydrogen) atoms. The van der Waals surface area contributed by atoms with Crippen molar-refractivity contribution in [3.8, 4) is 0 Å². The van der Waals surface area contributed by atoms with E-state index in [9.17, 15) is 9.59 Å². The smallest absolute Gasteiger partial charge is 0.308 e. The molecule has 1 amide bonds. The van der Waals surface area contributed by atoms with Gasteiger partial charge in [-0.1, -0.05) is 59.9 Å². The molecule has 2 fully saturated rings. The summed E-state index contributed by atoms with van der Waals surface area (Å²) in [5.41, 5.74) is 2.07. The van der Waals surface area contributed by atoms with Crippen molar-refractivity contribution >= 4 is 34.7 Å². The van der Waals surface area contributed by atoms with Crippen molar-refractivity contribution in [2.45, 2.75) is 42.0 Å². The Morgan fingerprint density at radius 1 is 1.00 bits per heavy atom. The minimum absolute atomic E-state index is 0.0195. The number of nitrogens with one attached hydrogen (secondary N) is 1. The molecule has 2 aliphatic carbocycles. The van der Waals surface area contributed by atoms with Gasteiger partial charge in [-0.25, -0.2) is 0 Å². The fourth-order valence-electron chi connectivity index (χ4n) is 5.99. The monoisotopic (exact) mass is 448 g/mol. The molecule has 2 bridgehead atoms. The van der Waals surface area contributed by atoms with E-state index in [0.29, 0.717) is 11.2 Å². The highest BCUT2D eigenvalue weighted by atomic mass is 32.2. The van der Waals surface area contributed by atoms with Gasteiger partial charge in [0.05, 0.1) is 5.03 Å². The number of carbonyl (C=O) groups is 1. The molecule has 6 heteroatoms. The van der Waals surface area contributed by atoms with Crippen molar-refractivity contribution in [3.63, 3.8) is 0 Å². The fraction of sp³-hybridized carbons (Fsp3) is 0.360. The minimum Gasteiger partial charge on any atom is -0.325 e. The lowest BCUT2D eigenvalue weighted by Crippen LogP contribution is -2.34. The normalized spacial score (nSPS) is 28.2. The maximum absolute atomic E-state index is 13.1. The van der Waals surface area contributed by atoms with Crippen LogP contribution in [0.5, 0.6) is 0 Å². The van der Waals surface area contributed by atoms with Crippen molar-refractivity contribution in [3.05, 3.63) is 80.8 Å². The first kappa shape index (κ1) is 19.4. The molecule has 2 aromatic carbocycles. The average Bonchev–Trinajstić information content (AvgIpc) is 3.48. The highest BCUT2D eigenvalue weighted by Crippen LogP contribution is 2.63. The quantitative estimate of drug-likeness (QED) is 0.597. The number of anilines is 1. The lowest BCUT2D eigenvalue weighted by Gasteiger charge is -2.40. The second-order valence-corrected chi connectivity index (χ2v) is 11.1. The van der Waals surface area contributed by atoms with Crippen LogP contribution in [-0.2, 0) is 11.3 Å². The van der Waals surface area contributed by atoms with E-state index >= 15 is 0 Å². The summed E-state index contributed by atoms with van der Waals surface area (Å²) in [6.07, 6.45) is 3.94. The van der Waals surface area contributed by atoms with Crippen LogP contribution in [0.25, 0.3) is 0 Å². The van der Waals surface area contributed by atoms with Gasteiger partial charge < -0.3 is 5.32 Å². The summed E-state index contributed by atoms with van der Waals surface area (Å²) in [6.45, 7) is 0.0690. The molecule has 1 aromatic heterocycles. The SMILES string of the molecule is O=C(Cn1c2c(sc1=O)[C@@H](c1ccccc1)C1C3CCC(C3)C1S2)Nc1ccccc1. The van der Waals surface area contributed by atoms with Crippen LogP contribution in [0.4, 0.5) is 5.69 Å². The highest BCUT2D eigenvalue weighted by molar-refractivity contribution is 8.00. The minimum atomic E-state index is -0.152. The van der Waals surface area contributed by atoms with Crippen molar-refractivity contribution in [2.75, 3.05) is 5.32 Å². The largest absolute Gasteiger partial charge is 0.325 e. The number of para-hydroxylation sites is 1. The van der Waals surface area contributed by atoms with E-state index in [1.807, 2.05) is 42.1 Å². The molecule has 3 aromatic rings. The molecule has 1 aliphatic heterocycles. The van der Waals surface area contributed by atoms with Gasteiger partial charge in [-0.2, -0.15) is 0 Å². The number of amides is 1. The Labute approximate surface area is 189 Å². The number of nitrogens with zero attached hydrogens (tertiary/aromatic N) is 1. The van der Waals surface area contributed by atoms with E-state index in [-0.39, 0.29) is 23.2 Å². The average molecular weight is 449 g/mol. The summed E-state index contributed by atoms with van der Waals surface area (Å²) >= 11 is 3.23. The van der Waals surface area contributed by atoms with E-state index in [1.54, 1.807) is 4.57 Å². The number of hydrogen-bond donors (Lipinski definition) is 1. The topological polar surface area (TPSA) is 51.1 Å². The van der Waals surface area contributed by atoms with Crippen LogP contribution in [0.1, 0.15) is 35.6 Å². The van der Waals surface area contributed by atoms with Gasteiger partial charge in [-0.3, -0.25) is 14.2 Å². The number of thiazole rings is 1. The Morgan fingerprint density at radius 2 is 1.71 bits per heavy atom. The second-order valence-electron chi connectivity index (χ2n) is 8.92. The Bertz CT molecular complexity index is 1170. The number of fused-ring (bicyclic) bond motifs is 6. The zero-order valence-electron chi connectivity index (χ0n) is 17.1. The third-order valence-corrected chi connectivity index (χ3v) is 10.0. The number of rotatable bonds is 4. The molecule has 0 spiro atoms. The van der Waals surface area contributed by atoms with Gasteiger partial charge >= 0.3 is 4.87 Å². The number of benzene rings is 2. The number of aromatic nitrogens is 1. The van der Waals surface area contributed by atoms with Crippen molar-refractivity contribution in [1.29, 1.82) is 0 Å². The Hall–Kier alpha value is -2.31. The van der Waals surface area contributed by atoms with Crippen LogP contribution in [0.3, 0.4) is 0 Å². The Kier molecular flexibility index (Phi) is 4.80. The summed E-state index contributed by atoms with van der Waals surface area (Å²) in [5.74, 6) is 2.21.